The van der Waals surface area contributed by atoms with Crippen LogP contribution in [0.1, 0.15) is 43.0 Å². The minimum atomic E-state index is -0.504. The zero-order valence-corrected chi connectivity index (χ0v) is 16.4. The summed E-state index contributed by atoms with van der Waals surface area (Å²) in [5.41, 5.74) is 1.07. The van der Waals surface area contributed by atoms with E-state index in [1.165, 1.54) is 23.5 Å². The highest BCUT2D eigenvalue weighted by atomic mass is 19.1. The zero-order valence-electron chi connectivity index (χ0n) is 16.4. The van der Waals surface area contributed by atoms with Crippen LogP contribution in [-0.4, -0.2) is 23.1 Å². The maximum absolute atomic E-state index is 14.1. The molecule has 0 N–H and O–H groups in total. The third-order valence-electron chi connectivity index (χ3n) is 6.04. The maximum Gasteiger partial charge on any atom is 0.332 e. The van der Waals surface area contributed by atoms with Crippen molar-refractivity contribution < 1.29 is 4.39 Å². The van der Waals surface area contributed by atoms with Gasteiger partial charge in [0.2, 0.25) is 5.78 Å². The second-order valence-corrected chi connectivity index (χ2v) is 7.86. The Bertz CT molecular complexity index is 1370. The lowest BCUT2D eigenvalue weighted by molar-refractivity contribution is 0.520. The van der Waals surface area contributed by atoms with E-state index in [1.54, 1.807) is 29.6 Å². The van der Waals surface area contributed by atoms with Gasteiger partial charge in [0, 0.05) is 30.5 Å². The summed E-state index contributed by atoms with van der Waals surface area (Å²) in [5, 5.41) is 0. The van der Waals surface area contributed by atoms with Gasteiger partial charge in [0.05, 0.1) is 6.54 Å². The number of aromatic nitrogens is 5. The average Bonchev–Trinajstić information content (AvgIpc) is 3.40. The van der Waals surface area contributed by atoms with Crippen molar-refractivity contribution in [1.82, 2.24) is 23.1 Å². The molecule has 0 atom stereocenters. The predicted molar refractivity (Wildman–Crippen MR) is 108 cm³/mol. The SMILES string of the molecule is Cc1cn2c3c(=O)n(Cc4ccccc4F)c(=O)n(C)c3nc2n1C1CCCC1. The van der Waals surface area contributed by atoms with Crippen LogP contribution in [0.3, 0.4) is 0 Å². The topological polar surface area (TPSA) is 66.2 Å². The molecular weight excluding hydrogens is 373 g/mol. The van der Waals surface area contributed by atoms with Gasteiger partial charge >= 0.3 is 5.69 Å². The van der Waals surface area contributed by atoms with Gasteiger partial charge in [-0.05, 0) is 25.8 Å². The van der Waals surface area contributed by atoms with Crippen molar-refractivity contribution in [3.8, 4) is 0 Å². The van der Waals surface area contributed by atoms with Crippen molar-refractivity contribution in [2.24, 2.45) is 7.05 Å². The zero-order chi connectivity index (χ0) is 20.3. The first-order chi connectivity index (χ1) is 14.0. The van der Waals surface area contributed by atoms with Gasteiger partial charge in [0.1, 0.15) is 5.82 Å². The van der Waals surface area contributed by atoms with Crippen LogP contribution >= 0.6 is 0 Å². The molecule has 0 spiro atoms. The molecule has 3 aromatic heterocycles. The number of benzene rings is 1. The largest absolute Gasteiger partial charge is 0.332 e. The van der Waals surface area contributed by atoms with Gasteiger partial charge in [0.15, 0.2) is 11.2 Å². The highest BCUT2D eigenvalue weighted by molar-refractivity contribution is 5.75. The summed E-state index contributed by atoms with van der Waals surface area (Å²) in [6.07, 6.45) is 6.45. The quantitative estimate of drug-likeness (QED) is 0.536. The van der Waals surface area contributed by atoms with Gasteiger partial charge < -0.3 is 4.57 Å². The minimum absolute atomic E-state index is 0.121. The van der Waals surface area contributed by atoms with E-state index < -0.39 is 17.1 Å². The molecule has 1 aliphatic carbocycles. The Labute approximate surface area is 165 Å². The molecule has 0 radical (unpaired) electrons. The third-order valence-corrected chi connectivity index (χ3v) is 6.04. The average molecular weight is 395 g/mol. The van der Waals surface area contributed by atoms with Gasteiger partial charge in [-0.1, -0.05) is 31.0 Å². The molecule has 0 saturated heterocycles. The van der Waals surface area contributed by atoms with E-state index in [9.17, 15) is 14.0 Å². The molecule has 150 valence electrons. The lowest BCUT2D eigenvalue weighted by atomic mass is 10.2. The standard InChI is InChI=1S/C21H22FN5O2/c1-13-11-25-17-18(23-20(25)27(13)15-8-4-5-9-15)24(2)21(29)26(19(17)28)12-14-7-3-6-10-16(14)22/h3,6-7,10-11,15H,4-5,8-9,12H2,1-2H3. The molecule has 8 heteroatoms. The van der Waals surface area contributed by atoms with E-state index in [2.05, 4.69) is 9.55 Å². The molecule has 4 aromatic rings. The Hall–Kier alpha value is -3.16. The summed E-state index contributed by atoms with van der Waals surface area (Å²) < 4.78 is 20.5. The summed E-state index contributed by atoms with van der Waals surface area (Å²) in [5.74, 6) is 0.239. The normalized spacial score (nSPS) is 15.1. The van der Waals surface area contributed by atoms with E-state index in [1.807, 2.05) is 13.1 Å². The van der Waals surface area contributed by atoms with E-state index in [0.29, 0.717) is 28.5 Å². The molecule has 0 amide bonds. The van der Waals surface area contributed by atoms with Gasteiger partial charge in [0.25, 0.3) is 5.56 Å². The maximum atomic E-state index is 14.1. The molecule has 7 nitrogen and oxygen atoms in total. The Morgan fingerprint density at radius 3 is 2.62 bits per heavy atom. The number of fused-ring (bicyclic) bond motifs is 3. The van der Waals surface area contributed by atoms with Crippen molar-refractivity contribution >= 4 is 16.9 Å². The number of aryl methyl sites for hydroxylation is 2. The number of imidazole rings is 2. The van der Waals surface area contributed by atoms with Crippen molar-refractivity contribution in [3.63, 3.8) is 0 Å². The second-order valence-electron chi connectivity index (χ2n) is 7.86. The molecule has 0 aliphatic heterocycles. The molecule has 1 fully saturated rings. The highest BCUT2D eigenvalue weighted by Gasteiger charge is 2.25. The third kappa shape index (κ3) is 2.58. The molecule has 1 aromatic carbocycles. The Morgan fingerprint density at radius 2 is 1.90 bits per heavy atom. The molecule has 1 aliphatic rings. The summed E-state index contributed by atoms with van der Waals surface area (Å²) in [7, 11) is 1.60. The molecule has 29 heavy (non-hydrogen) atoms. The molecule has 0 bridgehead atoms. The predicted octanol–water partition coefficient (Wildman–Crippen LogP) is 2.76. The number of halogens is 1. The van der Waals surface area contributed by atoms with Gasteiger partial charge in [-0.15, -0.1) is 0 Å². The van der Waals surface area contributed by atoms with Crippen molar-refractivity contribution in [1.29, 1.82) is 0 Å². The fourth-order valence-corrected chi connectivity index (χ4v) is 4.58. The Balaban J connectivity index is 1.78. The van der Waals surface area contributed by atoms with E-state index in [-0.39, 0.29) is 6.54 Å². The number of rotatable bonds is 3. The fourth-order valence-electron chi connectivity index (χ4n) is 4.58. The van der Waals surface area contributed by atoms with Crippen LogP contribution in [0, 0.1) is 12.7 Å². The summed E-state index contributed by atoms with van der Waals surface area (Å²) in [4.78, 5) is 30.8. The Morgan fingerprint density at radius 1 is 1.17 bits per heavy atom. The first-order valence-electron chi connectivity index (χ1n) is 9.90. The lowest BCUT2D eigenvalue weighted by Gasteiger charge is -2.13. The lowest BCUT2D eigenvalue weighted by Crippen LogP contribution is -2.39. The Kier molecular flexibility index (Phi) is 3.97. The van der Waals surface area contributed by atoms with E-state index in [4.69, 9.17) is 0 Å². The van der Waals surface area contributed by atoms with E-state index >= 15 is 0 Å². The smallest absolute Gasteiger partial charge is 0.311 e. The van der Waals surface area contributed by atoms with Crippen LogP contribution in [0.4, 0.5) is 4.39 Å². The molecule has 0 unspecified atom stereocenters. The van der Waals surface area contributed by atoms with Gasteiger partial charge in [-0.2, -0.15) is 4.98 Å². The number of hydrogen-bond donors (Lipinski definition) is 0. The van der Waals surface area contributed by atoms with E-state index in [0.717, 1.165) is 23.1 Å². The summed E-state index contributed by atoms with van der Waals surface area (Å²) in [6, 6.07) is 6.54. The van der Waals surface area contributed by atoms with Crippen molar-refractivity contribution in [2.45, 2.75) is 45.2 Å². The minimum Gasteiger partial charge on any atom is -0.311 e. The van der Waals surface area contributed by atoms with Crippen LogP contribution in [-0.2, 0) is 13.6 Å². The first kappa shape index (κ1) is 17.9. The van der Waals surface area contributed by atoms with Crippen molar-refractivity contribution in [2.75, 3.05) is 0 Å². The molecule has 5 rings (SSSR count). The number of nitrogens with zero attached hydrogens (tertiary/aromatic N) is 5. The van der Waals surface area contributed by atoms with Crippen LogP contribution in [0.2, 0.25) is 0 Å². The van der Waals surface area contributed by atoms with Crippen molar-refractivity contribution in [3.05, 3.63) is 68.4 Å². The molecule has 1 saturated carbocycles. The highest BCUT2D eigenvalue weighted by Crippen LogP contribution is 2.33. The fraction of sp³-hybridized carbons (Fsp3) is 0.381. The van der Waals surface area contributed by atoms with Crippen LogP contribution in [0.15, 0.2) is 40.1 Å². The first-order valence-corrected chi connectivity index (χ1v) is 9.90. The van der Waals surface area contributed by atoms with Crippen LogP contribution in [0.5, 0.6) is 0 Å². The molecule has 3 heterocycles. The number of hydrogen-bond acceptors (Lipinski definition) is 3. The van der Waals surface area contributed by atoms with Crippen LogP contribution in [0.25, 0.3) is 16.9 Å². The van der Waals surface area contributed by atoms with Gasteiger partial charge in [-0.25, -0.2) is 9.18 Å². The second kappa shape index (κ2) is 6.43. The summed E-state index contributed by atoms with van der Waals surface area (Å²) in [6.45, 7) is 1.89. The van der Waals surface area contributed by atoms with Crippen LogP contribution < -0.4 is 11.2 Å². The monoisotopic (exact) mass is 395 g/mol. The van der Waals surface area contributed by atoms with Gasteiger partial charge in [-0.3, -0.25) is 18.3 Å². The molecular formula is C21H22FN5O2. The summed E-state index contributed by atoms with van der Waals surface area (Å²) >= 11 is 0.